The average Bonchev–Trinajstić information content (AvgIpc) is 2.40. The summed E-state index contributed by atoms with van der Waals surface area (Å²) in [5, 5.41) is 2.82. The van der Waals surface area contributed by atoms with Gasteiger partial charge in [0.2, 0.25) is 0 Å². The lowest BCUT2D eigenvalue weighted by molar-refractivity contribution is 0.103. The molecule has 3 N–H and O–H groups in total. The third-order valence-corrected chi connectivity index (χ3v) is 2.76. The van der Waals surface area contributed by atoms with Crippen LogP contribution in [0.5, 0.6) is 0 Å². The Hall–Kier alpha value is -2.33. The zero-order valence-electron chi connectivity index (χ0n) is 9.89. The van der Waals surface area contributed by atoms with Gasteiger partial charge in [0.05, 0.1) is 5.69 Å². The van der Waals surface area contributed by atoms with E-state index in [2.05, 4.69) is 5.32 Å². The Kier molecular flexibility index (Phi) is 3.82. The van der Waals surface area contributed by atoms with Crippen LogP contribution in [0.3, 0.4) is 0 Å². The highest BCUT2D eigenvalue weighted by Gasteiger charge is 2.15. The predicted octanol–water partition coefficient (Wildman–Crippen LogP) is 3.06. The summed E-state index contributed by atoms with van der Waals surface area (Å²) in [6.07, 6.45) is 0. The van der Waals surface area contributed by atoms with Crippen molar-refractivity contribution >= 4 is 29.1 Å². The van der Waals surface area contributed by atoms with Crippen LogP contribution >= 0.6 is 11.6 Å². The first kappa shape index (κ1) is 13.1. The van der Waals surface area contributed by atoms with Crippen molar-refractivity contribution in [3.05, 3.63) is 64.7 Å². The minimum atomic E-state index is -0.732. The number of anilines is 1. The van der Waals surface area contributed by atoms with Gasteiger partial charge in [0, 0.05) is 16.1 Å². The summed E-state index contributed by atoms with van der Waals surface area (Å²) in [6, 6.07) is 12.6. The Bertz CT molecular complexity index is 627. The van der Waals surface area contributed by atoms with Crippen LogP contribution in [-0.4, -0.2) is 11.8 Å². The van der Waals surface area contributed by atoms with Gasteiger partial charge < -0.3 is 11.1 Å². The molecule has 5 heteroatoms. The van der Waals surface area contributed by atoms with E-state index in [1.54, 1.807) is 36.4 Å². The van der Waals surface area contributed by atoms with Gasteiger partial charge in [0.25, 0.3) is 0 Å². The number of hydrogen-bond acceptors (Lipinski definition) is 2. The number of nitrogens with two attached hydrogens (primary N) is 1. The maximum atomic E-state index is 12.4. The number of carbonyl (C=O) groups excluding carboxylic acids is 2. The van der Waals surface area contributed by atoms with E-state index in [9.17, 15) is 9.59 Å². The van der Waals surface area contributed by atoms with E-state index in [0.29, 0.717) is 21.8 Å². The fourth-order valence-corrected chi connectivity index (χ4v) is 1.86. The molecule has 0 saturated heterocycles. The van der Waals surface area contributed by atoms with Gasteiger partial charge in [-0.25, -0.2) is 4.79 Å². The van der Waals surface area contributed by atoms with Crippen molar-refractivity contribution in [2.24, 2.45) is 5.73 Å². The molecule has 0 atom stereocenters. The Morgan fingerprint density at radius 2 is 1.74 bits per heavy atom. The molecule has 0 fully saturated rings. The predicted molar refractivity (Wildman–Crippen MR) is 74.5 cm³/mol. The second kappa shape index (κ2) is 5.54. The van der Waals surface area contributed by atoms with Crippen LogP contribution in [-0.2, 0) is 0 Å². The van der Waals surface area contributed by atoms with Gasteiger partial charge in [-0.05, 0) is 18.2 Å². The monoisotopic (exact) mass is 274 g/mol. The molecule has 19 heavy (non-hydrogen) atoms. The zero-order valence-corrected chi connectivity index (χ0v) is 10.6. The lowest BCUT2D eigenvalue weighted by Gasteiger charge is -2.09. The zero-order chi connectivity index (χ0) is 13.8. The van der Waals surface area contributed by atoms with Crippen molar-refractivity contribution < 1.29 is 9.59 Å². The molecule has 2 amide bonds. The van der Waals surface area contributed by atoms with Gasteiger partial charge in [0.15, 0.2) is 5.78 Å². The lowest BCUT2D eigenvalue weighted by atomic mass is 10.0. The first-order valence-electron chi connectivity index (χ1n) is 5.53. The van der Waals surface area contributed by atoms with E-state index in [4.69, 9.17) is 17.3 Å². The minimum absolute atomic E-state index is 0.230. The van der Waals surface area contributed by atoms with Crippen LogP contribution in [0.2, 0.25) is 5.02 Å². The van der Waals surface area contributed by atoms with E-state index in [1.165, 1.54) is 6.07 Å². The largest absolute Gasteiger partial charge is 0.351 e. The van der Waals surface area contributed by atoms with Gasteiger partial charge in [0.1, 0.15) is 0 Å². The molecule has 2 aromatic carbocycles. The van der Waals surface area contributed by atoms with E-state index in [-0.39, 0.29) is 5.78 Å². The van der Waals surface area contributed by atoms with Crippen molar-refractivity contribution in [1.29, 1.82) is 0 Å². The van der Waals surface area contributed by atoms with Crippen LogP contribution in [0.1, 0.15) is 15.9 Å². The number of primary amides is 1. The Morgan fingerprint density at radius 3 is 2.37 bits per heavy atom. The fourth-order valence-electron chi connectivity index (χ4n) is 1.69. The van der Waals surface area contributed by atoms with Crippen molar-refractivity contribution in [3.8, 4) is 0 Å². The van der Waals surface area contributed by atoms with Crippen LogP contribution < -0.4 is 11.1 Å². The number of carbonyl (C=O) groups is 2. The highest BCUT2D eigenvalue weighted by molar-refractivity contribution is 6.31. The number of rotatable bonds is 3. The summed E-state index contributed by atoms with van der Waals surface area (Å²) in [4.78, 5) is 23.3. The van der Waals surface area contributed by atoms with Gasteiger partial charge in [-0.3, -0.25) is 4.79 Å². The SMILES string of the molecule is NC(=O)Nc1ccc(Cl)cc1C(=O)c1ccccc1. The second-order valence-corrected chi connectivity index (χ2v) is 4.31. The summed E-state index contributed by atoms with van der Waals surface area (Å²) < 4.78 is 0. The Balaban J connectivity index is 2.45. The first-order valence-corrected chi connectivity index (χ1v) is 5.91. The van der Waals surface area contributed by atoms with E-state index in [1.807, 2.05) is 6.07 Å². The summed E-state index contributed by atoms with van der Waals surface area (Å²) in [7, 11) is 0. The molecular formula is C14H11ClN2O2. The summed E-state index contributed by atoms with van der Waals surface area (Å²) in [5.41, 5.74) is 6.23. The molecular weight excluding hydrogens is 264 g/mol. The fraction of sp³-hybridized carbons (Fsp3) is 0. The molecule has 0 aliphatic rings. The minimum Gasteiger partial charge on any atom is -0.351 e. The normalized spacial score (nSPS) is 9.95. The molecule has 96 valence electrons. The number of hydrogen-bond donors (Lipinski definition) is 2. The van der Waals surface area contributed by atoms with Crippen molar-refractivity contribution in [2.45, 2.75) is 0 Å². The van der Waals surface area contributed by atoms with Crippen molar-refractivity contribution in [2.75, 3.05) is 5.32 Å². The molecule has 0 aromatic heterocycles. The second-order valence-electron chi connectivity index (χ2n) is 3.87. The molecule has 0 bridgehead atoms. The van der Waals surface area contributed by atoms with E-state index >= 15 is 0 Å². The van der Waals surface area contributed by atoms with Crippen molar-refractivity contribution in [3.63, 3.8) is 0 Å². The van der Waals surface area contributed by atoms with Gasteiger partial charge in [-0.1, -0.05) is 41.9 Å². The molecule has 0 aliphatic heterocycles. The Labute approximate surface area is 115 Å². The first-order chi connectivity index (χ1) is 9.08. The standard InChI is InChI=1S/C14H11ClN2O2/c15-10-6-7-12(17-14(16)19)11(8-10)13(18)9-4-2-1-3-5-9/h1-8H,(H3,16,17,19). The summed E-state index contributed by atoms with van der Waals surface area (Å²) in [6.45, 7) is 0. The molecule has 0 aliphatic carbocycles. The number of ketones is 1. The molecule has 2 rings (SSSR count). The molecule has 0 saturated carbocycles. The third-order valence-electron chi connectivity index (χ3n) is 2.52. The number of amides is 2. The van der Waals surface area contributed by atoms with Gasteiger partial charge >= 0.3 is 6.03 Å². The van der Waals surface area contributed by atoms with E-state index in [0.717, 1.165) is 0 Å². The van der Waals surface area contributed by atoms with Crippen LogP contribution in [0.15, 0.2) is 48.5 Å². The van der Waals surface area contributed by atoms with Gasteiger partial charge in [-0.15, -0.1) is 0 Å². The number of benzene rings is 2. The quantitative estimate of drug-likeness (QED) is 0.844. The molecule has 0 spiro atoms. The topological polar surface area (TPSA) is 72.2 Å². The lowest BCUT2D eigenvalue weighted by Crippen LogP contribution is -2.21. The molecule has 4 nitrogen and oxygen atoms in total. The van der Waals surface area contributed by atoms with Crippen LogP contribution in [0, 0.1) is 0 Å². The smallest absolute Gasteiger partial charge is 0.316 e. The Morgan fingerprint density at radius 1 is 1.05 bits per heavy atom. The highest BCUT2D eigenvalue weighted by atomic mass is 35.5. The summed E-state index contributed by atoms with van der Waals surface area (Å²) in [5.74, 6) is -0.230. The number of halogens is 1. The maximum absolute atomic E-state index is 12.4. The average molecular weight is 275 g/mol. The van der Waals surface area contributed by atoms with Gasteiger partial charge in [-0.2, -0.15) is 0 Å². The maximum Gasteiger partial charge on any atom is 0.316 e. The van der Waals surface area contributed by atoms with E-state index < -0.39 is 6.03 Å². The molecule has 0 unspecified atom stereocenters. The molecule has 2 aromatic rings. The summed E-state index contributed by atoms with van der Waals surface area (Å²) >= 11 is 5.89. The van der Waals surface area contributed by atoms with Crippen molar-refractivity contribution in [1.82, 2.24) is 0 Å². The highest BCUT2D eigenvalue weighted by Crippen LogP contribution is 2.23. The molecule has 0 radical (unpaired) electrons. The number of urea groups is 1. The third kappa shape index (κ3) is 3.11. The van der Waals surface area contributed by atoms with Crippen LogP contribution in [0.4, 0.5) is 10.5 Å². The van der Waals surface area contributed by atoms with Crippen LogP contribution in [0.25, 0.3) is 0 Å². The number of nitrogens with one attached hydrogen (secondary N) is 1. The molecule has 0 heterocycles.